The lowest BCUT2D eigenvalue weighted by Crippen LogP contribution is -2.38. The number of ether oxygens (including phenoxy) is 4. The van der Waals surface area contributed by atoms with Gasteiger partial charge in [-0.15, -0.1) is 0 Å². The van der Waals surface area contributed by atoms with E-state index in [2.05, 4.69) is 11.4 Å². The minimum Gasteiger partial charge on any atom is -0.497 e. The number of nitrogens with one attached hydrogen (secondary N) is 1. The number of methoxy groups -OCH3 is 1. The number of aryl methyl sites for hydroxylation is 1. The lowest BCUT2D eigenvalue weighted by Gasteiger charge is -2.30. The number of carbonyl (C=O) groups is 2. The fraction of sp³-hybridized carbons (Fsp3) is 0.407. The summed E-state index contributed by atoms with van der Waals surface area (Å²) < 4.78 is 22.2. The third-order valence-electron chi connectivity index (χ3n) is 6.63. The van der Waals surface area contributed by atoms with E-state index < -0.39 is 6.09 Å². The molecule has 1 aliphatic carbocycles. The van der Waals surface area contributed by atoms with Crippen molar-refractivity contribution in [3.8, 4) is 5.75 Å². The number of hydrogen-bond acceptors (Lipinski definition) is 7. The van der Waals surface area contributed by atoms with Gasteiger partial charge < -0.3 is 29.2 Å². The van der Waals surface area contributed by atoms with Crippen LogP contribution in [0.25, 0.3) is 0 Å². The first-order valence-electron chi connectivity index (χ1n) is 12.4. The molecule has 0 saturated carbocycles. The Balaban J connectivity index is 1.08. The summed E-state index contributed by atoms with van der Waals surface area (Å²) in [6.45, 7) is 2.17. The number of rotatable bonds is 9. The molecule has 9 nitrogen and oxygen atoms in total. The van der Waals surface area contributed by atoms with Crippen molar-refractivity contribution in [3.05, 3.63) is 71.7 Å². The quantitative estimate of drug-likeness (QED) is 0.524. The van der Waals surface area contributed by atoms with Crippen molar-refractivity contribution in [2.75, 3.05) is 38.2 Å². The summed E-state index contributed by atoms with van der Waals surface area (Å²) in [6.07, 6.45) is 12.1. The van der Waals surface area contributed by atoms with Gasteiger partial charge in [-0.3, -0.25) is 4.79 Å². The highest BCUT2D eigenvalue weighted by atomic mass is 16.6. The van der Waals surface area contributed by atoms with E-state index in [1.165, 1.54) is 16.7 Å². The Morgan fingerprint density at radius 3 is 2.92 bits per heavy atom. The number of carbonyl (C=O) groups excluding carboxylic acids is 2. The van der Waals surface area contributed by atoms with Crippen molar-refractivity contribution < 1.29 is 28.5 Å². The molecule has 0 unspecified atom stereocenters. The third kappa shape index (κ3) is 5.26. The van der Waals surface area contributed by atoms with Crippen LogP contribution in [0.4, 0.5) is 10.5 Å². The molecule has 1 N–H and O–H groups in total. The molecule has 3 heterocycles. The van der Waals surface area contributed by atoms with E-state index in [9.17, 15) is 9.59 Å². The van der Waals surface area contributed by atoms with E-state index in [1.54, 1.807) is 13.4 Å². The highest BCUT2D eigenvalue weighted by Crippen LogP contribution is 2.32. The molecule has 1 aromatic rings. The fourth-order valence-corrected chi connectivity index (χ4v) is 4.71. The van der Waals surface area contributed by atoms with Gasteiger partial charge in [0.25, 0.3) is 0 Å². The van der Waals surface area contributed by atoms with Gasteiger partial charge >= 0.3 is 6.09 Å². The standard InChI is InChI=1S/C27H31N3O6/c1-33-21-10-8-19-9-11-25(31)29(23(19)14-21)13-5-12-28-15-22-16-30(27(32)35-22)26-18-34-17-24(36-26)20-6-3-2-4-7-20/h2-3,6,8,10,14,17-18,22,28H,4-5,7,9,11-13,15-16H2,1H3/t22-/m1/s1. The number of amides is 2. The largest absolute Gasteiger partial charge is 0.497 e. The Kier molecular flexibility index (Phi) is 7.27. The van der Waals surface area contributed by atoms with Crippen LogP contribution in [0.3, 0.4) is 0 Å². The van der Waals surface area contributed by atoms with Gasteiger partial charge in [-0.25, -0.2) is 9.69 Å². The van der Waals surface area contributed by atoms with Gasteiger partial charge in [0.05, 0.1) is 19.3 Å². The molecule has 0 bridgehead atoms. The molecule has 190 valence electrons. The lowest BCUT2D eigenvalue weighted by atomic mass is 10.0. The van der Waals surface area contributed by atoms with Crippen molar-refractivity contribution >= 4 is 17.7 Å². The van der Waals surface area contributed by atoms with Crippen molar-refractivity contribution in [1.82, 2.24) is 10.2 Å². The molecule has 0 spiro atoms. The van der Waals surface area contributed by atoms with Crippen LogP contribution in [-0.4, -0.2) is 56.3 Å². The van der Waals surface area contributed by atoms with Crippen molar-refractivity contribution in [2.45, 2.75) is 38.2 Å². The molecular weight excluding hydrogens is 462 g/mol. The SMILES string of the molecule is COc1ccc2c(c1)N(CCCNC[C@@H]1CN(C3=COC=C(C4=CC=CCC4)O3)C(=O)O1)C(=O)CC2. The Morgan fingerprint density at radius 1 is 1.17 bits per heavy atom. The topological polar surface area (TPSA) is 89.6 Å². The Labute approximate surface area is 210 Å². The molecule has 3 aliphatic heterocycles. The van der Waals surface area contributed by atoms with Crippen LogP contribution in [-0.2, 0) is 25.4 Å². The predicted octanol–water partition coefficient (Wildman–Crippen LogP) is 3.74. The average Bonchev–Trinajstić information content (AvgIpc) is 3.30. The molecule has 2 amide bonds. The van der Waals surface area contributed by atoms with Gasteiger partial charge in [0.2, 0.25) is 11.8 Å². The Morgan fingerprint density at radius 2 is 2.08 bits per heavy atom. The second kappa shape index (κ2) is 10.9. The fourth-order valence-electron chi connectivity index (χ4n) is 4.71. The molecule has 1 atom stereocenters. The van der Waals surface area contributed by atoms with Crippen molar-refractivity contribution in [1.29, 1.82) is 0 Å². The van der Waals surface area contributed by atoms with E-state index in [4.69, 9.17) is 18.9 Å². The highest BCUT2D eigenvalue weighted by Gasteiger charge is 2.36. The summed E-state index contributed by atoms with van der Waals surface area (Å²) in [6, 6.07) is 5.90. The summed E-state index contributed by atoms with van der Waals surface area (Å²) in [4.78, 5) is 28.3. The molecular formula is C27H31N3O6. The summed E-state index contributed by atoms with van der Waals surface area (Å²) in [7, 11) is 1.63. The van der Waals surface area contributed by atoms with Crippen LogP contribution in [0.5, 0.6) is 5.75 Å². The lowest BCUT2D eigenvalue weighted by molar-refractivity contribution is -0.118. The monoisotopic (exact) mass is 493 g/mol. The number of anilines is 1. The van der Waals surface area contributed by atoms with Gasteiger partial charge in [-0.05, 0) is 49.4 Å². The van der Waals surface area contributed by atoms with Crippen LogP contribution in [0.2, 0.25) is 0 Å². The molecule has 9 heteroatoms. The summed E-state index contributed by atoms with van der Waals surface area (Å²) in [5, 5.41) is 3.35. The second-order valence-electron chi connectivity index (χ2n) is 9.05. The molecule has 1 saturated heterocycles. The minimum atomic E-state index is -0.458. The second-order valence-corrected chi connectivity index (χ2v) is 9.05. The molecule has 1 fully saturated rings. The molecule has 1 aromatic carbocycles. The first kappa shape index (κ1) is 24.0. The highest BCUT2D eigenvalue weighted by molar-refractivity contribution is 5.96. The number of fused-ring (bicyclic) bond motifs is 1. The van der Waals surface area contributed by atoms with Crippen LogP contribution in [0, 0.1) is 0 Å². The maximum atomic E-state index is 12.5. The third-order valence-corrected chi connectivity index (χ3v) is 6.63. The number of benzene rings is 1. The minimum absolute atomic E-state index is 0.132. The van der Waals surface area contributed by atoms with E-state index >= 15 is 0 Å². The summed E-state index contributed by atoms with van der Waals surface area (Å²) >= 11 is 0. The number of nitrogens with zero attached hydrogens (tertiary/aromatic N) is 2. The van der Waals surface area contributed by atoms with Gasteiger partial charge in [-0.1, -0.05) is 24.3 Å². The van der Waals surface area contributed by atoms with Crippen molar-refractivity contribution in [2.24, 2.45) is 0 Å². The predicted molar refractivity (Wildman–Crippen MR) is 133 cm³/mol. The number of cyclic esters (lactones) is 1. The van der Waals surface area contributed by atoms with Crippen molar-refractivity contribution in [3.63, 3.8) is 0 Å². The average molecular weight is 494 g/mol. The van der Waals surface area contributed by atoms with E-state index in [1.807, 2.05) is 35.3 Å². The van der Waals surface area contributed by atoms with E-state index in [-0.39, 0.29) is 12.0 Å². The van der Waals surface area contributed by atoms with Gasteiger partial charge in [0.15, 0.2) is 12.0 Å². The Hall–Kier alpha value is -3.72. The molecule has 36 heavy (non-hydrogen) atoms. The van der Waals surface area contributed by atoms with Crippen LogP contribution in [0.15, 0.2) is 66.2 Å². The Bertz CT molecular complexity index is 1140. The number of allylic oxidation sites excluding steroid dienone is 4. The summed E-state index contributed by atoms with van der Waals surface area (Å²) in [5.41, 5.74) is 3.13. The van der Waals surface area contributed by atoms with Gasteiger partial charge in [-0.2, -0.15) is 0 Å². The zero-order valence-corrected chi connectivity index (χ0v) is 20.4. The van der Waals surface area contributed by atoms with E-state index in [0.717, 1.165) is 42.7 Å². The first-order chi connectivity index (χ1) is 17.6. The maximum absolute atomic E-state index is 12.5. The molecule has 5 rings (SSSR count). The maximum Gasteiger partial charge on any atom is 0.417 e. The zero-order valence-electron chi connectivity index (χ0n) is 20.4. The summed E-state index contributed by atoms with van der Waals surface area (Å²) in [5.74, 6) is 1.81. The molecule has 0 radical (unpaired) electrons. The molecule has 4 aliphatic rings. The van der Waals surface area contributed by atoms with Gasteiger partial charge in [0, 0.05) is 25.6 Å². The smallest absolute Gasteiger partial charge is 0.417 e. The molecule has 0 aromatic heterocycles. The zero-order chi connectivity index (χ0) is 24.9. The van der Waals surface area contributed by atoms with Crippen LogP contribution in [0.1, 0.15) is 31.2 Å². The first-order valence-corrected chi connectivity index (χ1v) is 12.4. The van der Waals surface area contributed by atoms with Gasteiger partial charge in [0.1, 0.15) is 18.1 Å². The normalized spacial score (nSPS) is 21.1. The van der Waals surface area contributed by atoms with E-state index in [0.29, 0.717) is 44.2 Å². The van der Waals surface area contributed by atoms with Crippen LogP contribution < -0.4 is 15.0 Å². The van der Waals surface area contributed by atoms with Crippen LogP contribution >= 0.6 is 0 Å². The number of hydrogen-bond donors (Lipinski definition) is 1.